The van der Waals surface area contributed by atoms with Crippen LogP contribution in [0.2, 0.25) is 0 Å². The summed E-state index contributed by atoms with van der Waals surface area (Å²) < 4.78 is 0. The zero-order valence-electron chi connectivity index (χ0n) is 11.7. The highest BCUT2D eigenvalue weighted by Crippen LogP contribution is 2.24. The minimum absolute atomic E-state index is 0.00874. The van der Waals surface area contributed by atoms with Crippen molar-refractivity contribution in [2.24, 2.45) is 0 Å². The van der Waals surface area contributed by atoms with E-state index < -0.39 is 0 Å². The number of benzene rings is 1. The highest BCUT2D eigenvalue weighted by molar-refractivity contribution is 5.90. The molecular weight excluding hydrogens is 252 g/mol. The number of hydrogen-bond donors (Lipinski definition) is 2. The summed E-state index contributed by atoms with van der Waals surface area (Å²) in [7, 11) is 0. The molecule has 4 heteroatoms. The molecule has 2 N–H and O–H groups in total. The summed E-state index contributed by atoms with van der Waals surface area (Å²) in [5, 5.41) is 10.4. The summed E-state index contributed by atoms with van der Waals surface area (Å²) in [6.45, 7) is 2.90. The average molecular weight is 272 g/mol. The molecule has 2 heterocycles. The van der Waals surface area contributed by atoms with Crippen molar-refractivity contribution in [1.29, 1.82) is 0 Å². The molecule has 1 aliphatic rings. The van der Waals surface area contributed by atoms with E-state index in [0.717, 1.165) is 35.9 Å². The van der Waals surface area contributed by atoms with E-state index >= 15 is 0 Å². The number of amides is 1. The van der Waals surface area contributed by atoms with Crippen LogP contribution in [-0.2, 0) is 11.2 Å². The predicted octanol–water partition coefficient (Wildman–Crippen LogP) is 2.00. The van der Waals surface area contributed by atoms with Crippen molar-refractivity contribution in [1.82, 2.24) is 9.88 Å². The number of carbonyl (C=O) groups is 1. The number of aliphatic hydroxyl groups is 1. The van der Waals surface area contributed by atoms with Crippen molar-refractivity contribution in [3.8, 4) is 0 Å². The molecule has 3 rings (SSSR count). The minimum atomic E-state index is 0.00874. The zero-order chi connectivity index (χ0) is 14.1. The number of aromatic amines is 1. The lowest BCUT2D eigenvalue weighted by Gasteiger charge is -2.22. The lowest BCUT2D eigenvalue weighted by Crippen LogP contribution is -2.38. The lowest BCUT2D eigenvalue weighted by molar-refractivity contribution is -0.131. The SMILES string of the molecule is Cc1cccc2c(CC(=O)N3CCCC3CO)c[nH]c12. The molecule has 1 atom stereocenters. The molecule has 20 heavy (non-hydrogen) atoms. The van der Waals surface area contributed by atoms with E-state index in [-0.39, 0.29) is 18.6 Å². The van der Waals surface area contributed by atoms with E-state index in [1.54, 1.807) is 0 Å². The van der Waals surface area contributed by atoms with Crippen molar-refractivity contribution in [2.75, 3.05) is 13.2 Å². The number of fused-ring (bicyclic) bond motifs is 1. The van der Waals surface area contributed by atoms with Crippen LogP contribution >= 0.6 is 0 Å². The number of hydrogen-bond acceptors (Lipinski definition) is 2. The second kappa shape index (κ2) is 5.29. The van der Waals surface area contributed by atoms with Gasteiger partial charge in [0.2, 0.25) is 5.91 Å². The molecule has 1 aromatic carbocycles. The molecular formula is C16H20N2O2. The van der Waals surface area contributed by atoms with Crippen molar-refractivity contribution >= 4 is 16.8 Å². The smallest absolute Gasteiger partial charge is 0.227 e. The van der Waals surface area contributed by atoms with Gasteiger partial charge in [-0.25, -0.2) is 0 Å². The first-order valence-corrected chi connectivity index (χ1v) is 7.16. The summed E-state index contributed by atoms with van der Waals surface area (Å²) in [6.07, 6.45) is 4.23. The van der Waals surface area contributed by atoms with Crippen LogP contribution in [0.25, 0.3) is 10.9 Å². The molecule has 0 radical (unpaired) electrons. The van der Waals surface area contributed by atoms with Gasteiger partial charge in [-0.3, -0.25) is 4.79 Å². The Morgan fingerprint density at radius 1 is 1.50 bits per heavy atom. The van der Waals surface area contributed by atoms with Gasteiger partial charge < -0.3 is 15.0 Å². The molecule has 4 nitrogen and oxygen atoms in total. The molecule has 1 saturated heterocycles. The van der Waals surface area contributed by atoms with Gasteiger partial charge >= 0.3 is 0 Å². The number of rotatable bonds is 3. The van der Waals surface area contributed by atoms with E-state index in [0.29, 0.717) is 6.42 Å². The van der Waals surface area contributed by atoms with Crippen LogP contribution < -0.4 is 0 Å². The maximum atomic E-state index is 12.4. The van der Waals surface area contributed by atoms with Gasteiger partial charge in [0.15, 0.2) is 0 Å². The normalized spacial score (nSPS) is 18.9. The third-order valence-corrected chi connectivity index (χ3v) is 4.26. The molecule has 1 aromatic heterocycles. The van der Waals surface area contributed by atoms with Gasteiger partial charge in [-0.15, -0.1) is 0 Å². The van der Waals surface area contributed by atoms with Crippen molar-refractivity contribution < 1.29 is 9.90 Å². The van der Waals surface area contributed by atoms with Crippen LogP contribution in [0.1, 0.15) is 24.0 Å². The summed E-state index contributed by atoms with van der Waals surface area (Å²) in [5.74, 6) is 0.115. The molecule has 106 valence electrons. The number of nitrogens with one attached hydrogen (secondary N) is 1. The highest BCUT2D eigenvalue weighted by Gasteiger charge is 2.28. The number of aryl methyl sites for hydroxylation is 1. The number of likely N-dealkylation sites (tertiary alicyclic amines) is 1. The molecule has 0 bridgehead atoms. The molecule has 2 aromatic rings. The number of para-hydroxylation sites is 1. The Labute approximate surface area is 118 Å². The minimum Gasteiger partial charge on any atom is -0.394 e. The zero-order valence-corrected chi connectivity index (χ0v) is 11.7. The second-order valence-electron chi connectivity index (χ2n) is 5.55. The summed E-state index contributed by atoms with van der Waals surface area (Å²) in [5.41, 5.74) is 3.34. The Bertz CT molecular complexity index is 632. The molecule has 1 amide bonds. The molecule has 0 saturated carbocycles. The van der Waals surface area contributed by atoms with Crippen LogP contribution in [0, 0.1) is 6.92 Å². The van der Waals surface area contributed by atoms with E-state index in [9.17, 15) is 9.90 Å². The van der Waals surface area contributed by atoms with Crippen molar-refractivity contribution in [3.05, 3.63) is 35.5 Å². The molecule has 1 fully saturated rings. The Morgan fingerprint density at radius 2 is 2.35 bits per heavy atom. The van der Waals surface area contributed by atoms with Gasteiger partial charge in [-0.05, 0) is 30.9 Å². The van der Waals surface area contributed by atoms with Crippen LogP contribution in [0.15, 0.2) is 24.4 Å². The summed E-state index contributed by atoms with van der Waals surface area (Å²) in [4.78, 5) is 17.5. The van der Waals surface area contributed by atoms with E-state index in [1.165, 1.54) is 5.56 Å². The van der Waals surface area contributed by atoms with Gasteiger partial charge in [0.1, 0.15) is 0 Å². The lowest BCUT2D eigenvalue weighted by atomic mass is 10.1. The fourth-order valence-corrected chi connectivity index (χ4v) is 3.13. The van der Waals surface area contributed by atoms with Crippen LogP contribution in [0.4, 0.5) is 0 Å². The maximum absolute atomic E-state index is 12.4. The van der Waals surface area contributed by atoms with E-state index in [4.69, 9.17) is 0 Å². The molecule has 0 spiro atoms. The van der Waals surface area contributed by atoms with Gasteiger partial charge in [-0.1, -0.05) is 18.2 Å². The van der Waals surface area contributed by atoms with E-state index in [2.05, 4.69) is 24.0 Å². The molecule has 1 aliphatic heterocycles. The van der Waals surface area contributed by atoms with Crippen LogP contribution in [-0.4, -0.2) is 40.1 Å². The van der Waals surface area contributed by atoms with Crippen LogP contribution in [0.5, 0.6) is 0 Å². The Morgan fingerprint density at radius 3 is 3.15 bits per heavy atom. The third kappa shape index (κ3) is 2.20. The first-order chi connectivity index (χ1) is 9.70. The van der Waals surface area contributed by atoms with Gasteiger partial charge in [-0.2, -0.15) is 0 Å². The number of aliphatic hydroxyl groups excluding tert-OH is 1. The number of nitrogens with zero attached hydrogens (tertiary/aromatic N) is 1. The second-order valence-corrected chi connectivity index (χ2v) is 5.55. The fraction of sp³-hybridized carbons (Fsp3) is 0.438. The van der Waals surface area contributed by atoms with E-state index in [1.807, 2.05) is 17.2 Å². The largest absolute Gasteiger partial charge is 0.394 e. The van der Waals surface area contributed by atoms with Crippen LogP contribution in [0.3, 0.4) is 0 Å². The third-order valence-electron chi connectivity index (χ3n) is 4.26. The Kier molecular flexibility index (Phi) is 3.49. The first kappa shape index (κ1) is 13.2. The predicted molar refractivity (Wildman–Crippen MR) is 78.6 cm³/mol. The first-order valence-electron chi connectivity index (χ1n) is 7.16. The number of aromatic nitrogens is 1. The number of H-pyrrole nitrogens is 1. The molecule has 0 aliphatic carbocycles. The highest BCUT2D eigenvalue weighted by atomic mass is 16.3. The maximum Gasteiger partial charge on any atom is 0.227 e. The fourth-order valence-electron chi connectivity index (χ4n) is 3.13. The topological polar surface area (TPSA) is 56.3 Å². The van der Waals surface area contributed by atoms with Crippen molar-refractivity contribution in [2.45, 2.75) is 32.2 Å². The summed E-state index contributed by atoms with van der Waals surface area (Å²) in [6, 6.07) is 6.14. The Hall–Kier alpha value is -1.81. The Balaban J connectivity index is 1.83. The summed E-state index contributed by atoms with van der Waals surface area (Å²) >= 11 is 0. The van der Waals surface area contributed by atoms with Gasteiger partial charge in [0.25, 0.3) is 0 Å². The standard InChI is InChI=1S/C16H20N2O2/c1-11-4-2-6-14-12(9-17-16(11)14)8-15(20)18-7-3-5-13(18)10-19/h2,4,6,9,13,17,19H,3,5,7-8,10H2,1H3. The average Bonchev–Trinajstić information content (AvgIpc) is 3.06. The van der Waals surface area contributed by atoms with Gasteiger partial charge in [0.05, 0.1) is 19.1 Å². The van der Waals surface area contributed by atoms with Crippen molar-refractivity contribution in [3.63, 3.8) is 0 Å². The monoisotopic (exact) mass is 272 g/mol. The molecule has 1 unspecified atom stereocenters. The van der Waals surface area contributed by atoms with Gasteiger partial charge in [0, 0.05) is 23.6 Å². The quantitative estimate of drug-likeness (QED) is 0.898. The number of carbonyl (C=O) groups excluding carboxylic acids is 1.